The second kappa shape index (κ2) is 23.4. The monoisotopic (exact) mass is 892 g/mol. The molecule has 0 aliphatic rings. The zero-order valence-electron chi connectivity index (χ0n) is 32.1. The van der Waals surface area contributed by atoms with Gasteiger partial charge in [-0.3, -0.25) is 0 Å². The Morgan fingerprint density at radius 3 is 0.310 bits per heavy atom. The summed E-state index contributed by atoms with van der Waals surface area (Å²) in [5, 5.41) is 12.6. The molecule has 0 aromatic heterocycles. The van der Waals surface area contributed by atoms with Crippen molar-refractivity contribution in [3.63, 3.8) is 0 Å². The molecule has 58 heavy (non-hydrogen) atoms. The Labute approximate surface area is 362 Å². The molecule has 0 saturated heterocycles. The van der Waals surface area contributed by atoms with Crippen LogP contribution in [0.4, 0.5) is 0 Å². The van der Waals surface area contributed by atoms with Gasteiger partial charge in [-0.2, -0.15) is 0 Å². The topological polar surface area (TPSA) is 0 Å². The van der Waals surface area contributed by atoms with E-state index < -0.39 is 23.8 Å². The van der Waals surface area contributed by atoms with Gasteiger partial charge >= 0.3 is 0 Å². The van der Waals surface area contributed by atoms with Crippen LogP contribution in [-0.2, 0) is 20.4 Å². The zero-order valence-corrected chi connectivity index (χ0v) is 36.4. The second-order valence-electron chi connectivity index (χ2n) is 13.0. The van der Waals surface area contributed by atoms with Gasteiger partial charge in [0, 0.05) is 20.4 Å². The first-order valence-electron chi connectivity index (χ1n) is 19.2. The van der Waals surface area contributed by atoms with Crippen molar-refractivity contribution in [3.05, 3.63) is 273 Å². The van der Waals surface area contributed by atoms with Gasteiger partial charge in [0.05, 0.1) is 0 Å². The fourth-order valence-corrected chi connectivity index (χ4v) is 13.5. The Balaban J connectivity index is 0.000000145. The molecule has 4 heteroatoms. The Morgan fingerprint density at radius 1 is 0.138 bits per heavy atom. The van der Waals surface area contributed by atoms with Gasteiger partial charge in [0.25, 0.3) is 0 Å². The summed E-state index contributed by atoms with van der Waals surface area (Å²) < 4.78 is 0. The molecule has 0 atom stereocenters. The van der Waals surface area contributed by atoms with E-state index in [-0.39, 0.29) is 20.4 Å². The number of hydrogen-bond acceptors (Lipinski definition) is 0. The minimum Gasteiger partial charge on any atom is -0.0622 e. The molecule has 0 aliphatic carbocycles. The van der Waals surface area contributed by atoms with Crippen LogP contribution in [0.5, 0.6) is 0 Å². The molecule has 0 aliphatic heterocycles. The van der Waals surface area contributed by atoms with E-state index in [0.29, 0.717) is 0 Å². The molecule has 9 aromatic carbocycles. The van der Waals surface area contributed by atoms with Crippen LogP contribution in [-0.4, -0.2) is 0 Å². The summed E-state index contributed by atoms with van der Waals surface area (Å²) in [5.41, 5.74) is 0. The molecule has 0 unspecified atom stereocenters. The van der Waals surface area contributed by atoms with Crippen molar-refractivity contribution < 1.29 is 20.4 Å². The molecule has 0 nitrogen and oxygen atoms in total. The standard InChI is InChI=1S/3C18H15P.Pd/c3*1-4-10-16(11-5-1)19(17-12-6-2-7-13-17)18-14-8-3-9-15-18;/h3*1-15H;. The van der Waals surface area contributed by atoms with Gasteiger partial charge in [-0.05, 0) is 71.5 Å². The average molecular weight is 893 g/mol. The van der Waals surface area contributed by atoms with Crippen molar-refractivity contribution in [1.29, 1.82) is 0 Å². The maximum atomic E-state index is 2.23. The second-order valence-corrected chi connectivity index (χ2v) is 19.7. The predicted octanol–water partition coefficient (Wildman–Crippen LogP) is 10.3. The largest absolute Gasteiger partial charge is 0.0622 e. The van der Waals surface area contributed by atoms with Crippen molar-refractivity contribution in [3.8, 4) is 0 Å². The first-order chi connectivity index (χ1) is 28.3. The number of rotatable bonds is 9. The molecular weight excluding hydrogens is 848 g/mol. The normalized spacial score (nSPS) is 10.4. The predicted molar refractivity (Wildman–Crippen MR) is 255 cm³/mol. The molecule has 9 aromatic rings. The van der Waals surface area contributed by atoms with Crippen LogP contribution >= 0.6 is 23.8 Å². The Hall–Kier alpha value is -5.07. The maximum absolute atomic E-state index is 2.23. The SMILES string of the molecule is [Pd].c1ccc(P(c2ccccc2)c2ccccc2)cc1.c1ccc(P(c2ccccc2)c2ccccc2)cc1.c1ccc(P(c2ccccc2)c2ccccc2)cc1. The first-order valence-corrected chi connectivity index (χ1v) is 23.2. The fourth-order valence-electron chi connectivity index (χ4n) is 6.54. The first kappa shape index (κ1) is 42.5. The van der Waals surface area contributed by atoms with Crippen molar-refractivity contribution in [2.24, 2.45) is 0 Å². The molecule has 0 fully saturated rings. The summed E-state index contributed by atoms with van der Waals surface area (Å²) >= 11 is 0. The van der Waals surface area contributed by atoms with Crippen LogP contribution in [0, 0.1) is 0 Å². The van der Waals surface area contributed by atoms with Crippen LogP contribution in [0.1, 0.15) is 0 Å². The van der Waals surface area contributed by atoms with Crippen LogP contribution in [0.2, 0.25) is 0 Å². The molecule has 0 heterocycles. The van der Waals surface area contributed by atoms with E-state index in [4.69, 9.17) is 0 Å². The minimum atomic E-state index is -0.446. The Bertz CT molecular complexity index is 1860. The van der Waals surface area contributed by atoms with Crippen molar-refractivity contribution in [2.45, 2.75) is 0 Å². The van der Waals surface area contributed by atoms with Crippen LogP contribution in [0.25, 0.3) is 0 Å². The van der Waals surface area contributed by atoms with Gasteiger partial charge in [-0.1, -0.05) is 273 Å². The van der Waals surface area contributed by atoms with Crippen molar-refractivity contribution >= 4 is 71.5 Å². The van der Waals surface area contributed by atoms with Gasteiger partial charge in [0.1, 0.15) is 0 Å². The molecule has 0 amide bonds. The van der Waals surface area contributed by atoms with Gasteiger partial charge in [0.15, 0.2) is 0 Å². The van der Waals surface area contributed by atoms with E-state index in [0.717, 1.165) is 0 Å². The van der Waals surface area contributed by atoms with E-state index in [1.165, 1.54) is 47.7 Å². The van der Waals surface area contributed by atoms with Gasteiger partial charge in [-0.15, -0.1) is 0 Å². The van der Waals surface area contributed by atoms with E-state index in [9.17, 15) is 0 Å². The fraction of sp³-hybridized carbons (Fsp3) is 0. The van der Waals surface area contributed by atoms with E-state index in [2.05, 4.69) is 273 Å². The third-order valence-electron chi connectivity index (χ3n) is 9.13. The smallest absolute Gasteiger partial charge is 0 e. The van der Waals surface area contributed by atoms with E-state index in [1.807, 2.05) is 0 Å². The number of benzene rings is 9. The average Bonchev–Trinajstić information content (AvgIpc) is 3.30. The molecule has 0 spiro atoms. The molecule has 0 saturated carbocycles. The van der Waals surface area contributed by atoms with Crippen LogP contribution < -0.4 is 47.7 Å². The quantitative estimate of drug-likeness (QED) is 0.100. The van der Waals surface area contributed by atoms with Crippen molar-refractivity contribution in [2.75, 3.05) is 0 Å². The summed E-state index contributed by atoms with van der Waals surface area (Å²) in [6, 6.07) is 97.0. The molecular formula is C54H45P3Pd. The van der Waals surface area contributed by atoms with Gasteiger partial charge < -0.3 is 0 Å². The zero-order chi connectivity index (χ0) is 38.7. The Morgan fingerprint density at radius 2 is 0.224 bits per heavy atom. The minimum absolute atomic E-state index is 0. The number of hydrogen-bond donors (Lipinski definition) is 0. The van der Waals surface area contributed by atoms with Crippen LogP contribution in [0.15, 0.2) is 273 Å². The van der Waals surface area contributed by atoms with Crippen molar-refractivity contribution in [1.82, 2.24) is 0 Å². The molecule has 9 rings (SSSR count). The van der Waals surface area contributed by atoms with Gasteiger partial charge in [-0.25, -0.2) is 0 Å². The molecule has 286 valence electrons. The third-order valence-corrected chi connectivity index (χ3v) is 16.5. The summed E-state index contributed by atoms with van der Waals surface area (Å²) in [7, 11) is -1.34. The van der Waals surface area contributed by atoms with Crippen LogP contribution in [0.3, 0.4) is 0 Å². The van der Waals surface area contributed by atoms with E-state index >= 15 is 0 Å². The summed E-state index contributed by atoms with van der Waals surface area (Å²) in [4.78, 5) is 0. The van der Waals surface area contributed by atoms with E-state index in [1.54, 1.807) is 0 Å². The maximum Gasteiger partial charge on any atom is 0 e. The van der Waals surface area contributed by atoms with Gasteiger partial charge in [0.2, 0.25) is 0 Å². The molecule has 0 N–H and O–H groups in total. The third kappa shape index (κ3) is 12.0. The molecule has 0 bridgehead atoms. The summed E-state index contributed by atoms with van der Waals surface area (Å²) in [6.45, 7) is 0. The Kier molecular flexibility index (Phi) is 17.1. The summed E-state index contributed by atoms with van der Waals surface area (Å²) in [6.07, 6.45) is 0. The molecule has 0 radical (unpaired) electrons. The summed E-state index contributed by atoms with van der Waals surface area (Å²) in [5.74, 6) is 0.